The molecule has 0 saturated heterocycles. The molecule has 172 valence electrons. The number of rotatable bonds is 6. The number of aryl methyl sites for hydroxylation is 1. The molecule has 0 radical (unpaired) electrons. The van der Waals surface area contributed by atoms with E-state index < -0.39 is 0 Å². The van der Waals surface area contributed by atoms with Crippen molar-refractivity contribution in [2.75, 3.05) is 18.5 Å². The summed E-state index contributed by atoms with van der Waals surface area (Å²) in [5, 5.41) is 7.56. The number of oxazole rings is 1. The molecule has 9 heteroatoms. The molecule has 5 rings (SSSR count). The van der Waals surface area contributed by atoms with Gasteiger partial charge in [-0.2, -0.15) is 0 Å². The number of carbonyl (C=O) groups is 2. The van der Waals surface area contributed by atoms with E-state index in [1.807, 2.05) is 36.4 Å². The number of hydrogen-bond acceptors (Lipinski definition) is 7. The third-order valence-corrected chi connectivity index (χ3v) is 6.20. The van der Waals surface area contributed by atoms with Gasteiger partial charge in [-0.25, -0.2) is 4.98 Å². The molecule has 1 aliphatic heterocycles. The SMILES string of the molecule is Cc1oc(-c2ccccc2NC(=O)c2ccccc2)nc1CNC(=O)c1scc2c1OCCO2. The lowest BCUT2D eigenvalue weighted by Crippen LogP contribution is -2.24. The molecule has 2 N–H and O–H groups in total. The average molecular weight is 476 g/mol. The summed E-state index contributed by atoms with van der Waals surface area (Å²) in [6, 6.07) is 16.3. The maximum Gasteiger partial charge on any atom is 0.265 e. The minimum atomic E-state index is -0.267. The molecule has 8 nitrogen and oxygen atoms in total. The van der Waals surface area contributed by atoms with Gasteiger partial charge in [0.05, 0.1) is 17.8 Å². The van der Waals surface area contributed by atoms with Gasteiger partial charge in [-0.05, 0) is 31.2 Å². The zero-order valence-corrected chi connectivity index (χ0v) is 19.1. The van der Waals surface area contributed by atoms with Gasteiger partial charge in [0.2, 0.25) is 5.89 Å². The fourth-order valence-electron chi connectivity index (χ4n) is 3.53. The number of thiophene rings is 1. The number of hydrogen-bond donors (Lipinski definition) is 2. The maximum atomic E-state index is 12.7. The molecule has 0 spiro atoms. The van der Waals surface area contributed by atoms with Crippen molar-refractivity contribution in [1.82, 2.24) is 10.3 Å². The molecule has 3 heterocycles. The quantitative estimate of drug-likeness (QED) is 0.420. The van der Waals surface area contributed by atoms with E-state index in [1.54, 1.807) is 30.5 Å². The van der Waals surface area contributed by atoms with Crippen LogP contribution in [0.5, 0.6) is 11.5 Å². The van der Waals surface area contributed by atoms with Crippen molar-refractivity contribution in [2.45, 2.75) is 13.5 Å². The standard InChI is InChI=1S/C25H21N3O5S/c1-15-19(13-26-24(30)22-21-20(14-34-22)31-11-12-32-21)28-25(33-15)17-9-5-6-10-18(17)27-23(29)16-7-3-2-4-8-16/h2-10,14H,11-13H2,1H3,(H,26,30)(H,27,29). The Morgan fingerprint density at radius 2 is 1.76 bits per heavy atom. The Balaban J connectivity index is 1.32. The van der Waals surface area contributed by atoms with Crippen LogP contribution in [-0.2, 0) is 6.54 Å². The van der Waals surface area contributed by atoms with Gasteiger partial charge in [-0.3, -0.25) is 9.59 Å². The van der Waals surface area contributed by atoms with E-state index in [-0.39, 0.29) is 18.4 Å². The number of aromatic nitrogens is 1. The van der Waals surface area contributed by atoms with E-state index in [2.05, 4.69) is 15.6 Å². The highest BCUT2D eigenvalue weighted by atomic mass is 32.1. The van der Waals surface area contributed by atoms with Crippen LogP contribution in [0.15, 0.2) is 64.4 Å². The van der Waals surface area contributed by atoms with Crippen LogP contribution in [-0.4, -0.2) is 30.0 Å². The lowest BCUT2D eigenvalue weighted by atomic mass is 10.1. The Kier molecular flexibility index (Phi) is 6.01. The Hall–Kier alpha value is -4.11. The van der Waals surface area contributed by atoms with Crippen LogP contribution in [0.2, 0.25) is 0 Å². The van der Waals surface area contributed by atoms with Crippen LogP contribution in [0.3, 0.4) is 0 Å². The third-order valence-electron chi connectivity index (χ3n) is 5.26. The second kappa shape index (κ2) is 9.40. The number of nitrogens with zero attached hydrogens (tertiary/aromatic N) is 1. The van der Waals surface area contributed by atoms with Crippen molar-refractivity contribution in [3.63, 3.8) is 0 Å². The summed E-state index contributed by atoms with van der Waals surface area (Å²) >= 11 is 1.27. The van der Waals surface area contributed by atoms with E-state index in [4.69, 9.17) is 13.9 Å². The summed E-state index contributed by atoms with van der Waals surface area (Å²) in [6.45, 7) is 2.85. The molecule has 4 aromatic rings. The number of anilines is 1. The summed E-state index contributed by atoms with van der Waals surface area (Å²) in [4.78, 5) is 30.4. The number of ether oxygens (including phenoxy) is 2. The van der Waals surface area contributed by atoms with E-state index >= 15 is 0 Å². The molecule has 0 fully saturated rings. The molecular formula is C25H21N3O5S. The fraction of sp³-hybridized carbons (Fsp3) is 0.160. The Bertz CT molecular complexity index is 1350. The number of nitrogens with one attached hydrogen (secondary N) is 2. The summed E-state index contributed by atoms with van der Waals surface area (Å²) < 4.78 is 17.0. The zero-order chi connectivity index (χ0) is 23.5. The van der Waals surface area contributed by atoms with Gasteiger partial charge in [0.1, 0.15) is 29.5 Å². The second-order valence-electron chi connectivity index (χ2n) is 7.53. The Labute approximate surface area is 199 Å². The summed E-state index contributed by atoms with van der Waals surface area (Å²) in [6.07, 6.45) is 0. The second-order valence-corrected chi connectivity index (χ2v) is 8.41. The number of amides is 2. The molecular weight excluding hydrogens is 454 g/mol. The first kappa shape index (κ1) is 21.7. The molecule has 0 saturated carbocycles. The lowest BCUT2D eigenvalue weighted by molar-refractivity contribution is 0.0944. The van der Waals surface area contributed by atoms with Crippen LogP contribution in [0.1, 0.15) is 31.5 Å². The van der Waals surface area contributed by atoms with Gasteiger partial charge in [-0.15, -0.1) is 11.3 Å². The van der Waals surface area contributed by atoms with Crippen LogP contribution < -0.4 is 20.1 Å². The molecule has 0 aliphatic carbocycles. The molecule has 0 unspecified atom stereocenters. The van der Waals surface area contributed by atoms with E-state index in [9.17, 15) is 9.59 Å². The van der Waals surface area contributed by atoms with Crippen molar-refractivity contribution in [3.8, 4) is 23.0 Å². The predicted octanol–water partition coefficient (Wildman–Crippen LogP) is 4.67. The Morgan fingerprint density at radius 3 is 2.62 bits per heavy atom. The highest BCUT2D eigenvalue weighted by Crippen LogP contribution is 2.39. The molecule has 2 aromatic carbocycles. The van der Waals surface area contributed by atoms with Crippen molar-refractivity contribution in [2.24, 2.45) is 0 Å². The largest absolute Gasteiger partial charge is 0.485 e. The van der Waals surface area contributed by atoms with Gasteiger partial charge in [0.25, 0.3) is 11.8 Å². The Morgan fingerprint density at radius 1 is 1.00 bits per heavy atom. The van der Waals surface area contributed by atoms with E-state index in [0.29, 0.717) is 63.7 Å². The van der Waals surface area contributed by atoms with Crippen molar-refractivity contribution < 1.29 is 23.5 Å². The lowest BCUT2D eigenvalue weighted by Gasteiger charge is -2.15. The molecule has 34 heavy (non-hydrogen) atoms. The van der Waals surface area contributed by atoms with Crippen LogP contribution >= 0.6 is 11.3 Å². The van der Waals surface area contributed by atoms with Crippen LogP contribution in [0, 0.1) is 6.92 Å². The highest BCUT2D eigenvalue weighted by Gasteiger charge is 2.24. The summed E-state index contributed by atoms with van der Waals surface area (Å²) in [7, 11) is 0. The highest BCUT2D eigenvalue weighted by molar-refractivity contribution is 7.12. The molecule has 2 aromatic heterocycles. The molecule has 2 amide bonds. The van der Waals surface area contributed by atoms with Gasteiger partial charge >= 0.3 is 0 Å². The number of benzene rings is 2. The third kappa shape index (κ3) is 4.38. The first-order valence-electron chi connectivity index (χ1n) is 10.7. The average Bonchev–Trinajstić information content (AvgIpc) is 3.47. The smallest absolute Gasteiger partial charge is 0.265 e. The van der Waals surface area contributed by atoms with Crippen molar-refractivity contribution >= 4 is 28.8 Å². The van der Waals surface area contributed by atoms with Crippen molar-refractivity contribution in [3.05, 3.63) is 81.9 Å². The minimum Gasteiger partial charge on any atom is -0.485 e. The molecule has 0 atom stereocenters. The minimum absolute atomic E-state index is 0.181. The topological polar surface area (TPSA) is 103 Å². The normalized spacial score (nSPS) is 12.3. The monoisotopic (exact) mass is 475 g/mol. The van der Waals surface area contributed by atoms with Gasteiger partial charge in [0, 0.05) is 10.9 Å². The van der Waals surface area contributed by atoms with Crippen LogP contribution in [0.4, 0.5) is 5.69 Å². The molecule has 1 aliphatic rings. The predicted molar refractivity (Wildman–Crippen MR) is 128 cm³/mol. The fourth-order valence-corrected chi connectivity index (χ4v) is 4.38. The van der Waals surface area contributed by atoms with E-state index in [0.717, 1.165) is 0 Å². The van der Waals surface area contributed by atoms with Gasteiger partial charge < -0.3 is 24.5 Å². The number of fused-ring (bicyclic) bond motifs is 1. The number of para-hydroxylation sites is 1. The maximum absolute atomic E-state index is 12.7. The molecule has 0 bridgehead atoms. The van der Waals surface area contributed by atoms with E-state index in [1.165, 1.54) is 11.3 Å². The van der Waals surface area contributed by atoms with Crippen LogP contribution in [0.25, 0.3) is 11.5 Å². The summed E-state index contributed by atoms with van der Waals surface area (Å²) in [5.41, 5.74) is 2.37. The first-order chi connectivity index (χ1) is 16.6. The first-order valence-corrected chi connectivity index (χ1v) is 11.6. The van der Waals surface area contributed by atoms with Gasteiger partial charge in [0.15, 0.2) is 11.5 Å². The van der Waals surface area contributed by atoms with Gasteiger partial charge in [-0.1, -0.05) is 30.3 Å². The zero-order valence-electron chi connectivity index (χ0n) is 18.3. The van der Waals surface area contributed by atoms with Crippen molar-refractivity contribution in [1.29, 1.82) is 0 Å². The number of carbonyl (C=O) groups excluding carboxylic acids is 2. The summed E-state index contributed by atoms with van der Waals surface area (Å²) in [5.74, 6) is 1.51.